The van der Waals surface area contributed by atoms with Crippen molar-refractivity contribution in [3.8, 4) is 17.2 Å². The number of rotatable bonds is 4. The molecule has 6 nitrogen and oxygen atoms in total. The molecule has 0 bridgehead atoms. The summed E-state index contributed by atoms with van der Waals surface area (Å²) in [6.07, 6.45) is 6.62. The van der Waals surface area contributed by atoms with Crippen molar-refractivity contribution < 1.29 is 19.0 Å². The van der Waals surface area contributed by atoms with E-state index in [-0.39, 0.29) is 5.91 Å². The highest BCUT2D eigenvalue weighted by Gasteiger charge is 2.26. The van der Waals surface area contributed by atoms with Crippen LogP contribution in [0.3, 0.4) is 0 Å². The highest BCUT2D eigenvalue weighted by atomic mass is 32.2. The number of hydrogen-bond donors (Lipinski definition) is 0. The minimum Gasteiger partial charge on any atom is -0.493 e. The molecular weight excluding hydrogens is 352 g/mol. The van der Waals surface area contributed by atoms with Crippen molar-refractivity contribution in [2.24, 2.45) is 4.99 Å². The van der Waals surface area contributed by atoms with Crippen molar-refractivity contribution in [1.29, 1.82) is 0 Å². The quantitative estimate of drug-likeness (QED) is 0.749. The zero-order chi connectivity index (χ0) is 18.5. The summed E-state index contributed by atoms with van der Waals surface area (Å²) in [6, 6.07) is 3.65. The molecule has 0 atom stereocenters. The van der Waals surface area contributed by atoms with Gasteiger partial charge >= 0.3 is 0 Å². The molecule has 1 aromatic rings. The number of likely N-dealkylation sites (tertiary alicyclic amines) is 1. The lowest BCUT2D eigenvalue weighted by molar-refractivity contribution is -0.113. The van der Waals surface area contributed by atoms with Gasteiger partial charge in [0.2, 0.25) is 5.75 Å². The summed E-state index contributed by atoms with van der Waals surface area (Å²) in [7, 11) is 4.71. The summed E-state index contributed by atoms with van der Waals surface area (Å²) in [5.41, 5.74) is 0.808. The Morgan fingerprint density at radius 1 is 1.00 bits per heavy atom. The lowest BCUT2D eigenvalue weighted by Crippen LogP contribution is -2.28. The van der Waals surface area contributed by atoms with E-state index in [0.29, 0.717) is 22.2 Å². The highest BCUT2D eigenvalue weighted by Crippen LogP contribution is 2.40. The highest BCUT2D eigenvalue weighted by molar-refractivity contribution is 8.18. The molecule has 0 unspecified atom stereocenters. The molecule has 2 heterocycles. The second-order valence-corrected chi connectivity index (χ2v) is 7.18. The predicted molar refractivity (Wildman–Crippen MR) is 104 cm³/mol. The van der Waals surface area contributed by atoms with E-state index in [1.165, 1.54) is 24.6 Å². The van der Waals surface area contributed by atoms with Crippen molar-refractivity contribution in [1.82, 2.24) is 4.90 Å². The van der Waals surface area contributed by atoms with Gasteiger partial charge < -0.3 is 19.1 Å². The molecule has 0 aromatic heterocycles. The SMILES string of the molecule is COc1cc(C=C2SC(N3CCCCCC3)=NC2=O)cc(OC)c1OC. The molecule has 3 rings (SSSR count). The van der Waals surface area contributed by atoms with Crippen molar-refractivity contribution in [3.05, 3.63) is 22.6 Å². The van der Waals surface area contributed by atoms with E-state index < -0.39 is 0 Å². The van der Waals surface area contributed by atoms with Crippen molar-refractivity contribution in [3.63, 3.8) is 0 Å². The van der Waals surface area contributed by atoms with Gasteiger partial charge in [-0.15, -0.1) is 0 Å². The number of nitrogens with zero attached hydrogens (tertiary/aromatic N) is 2. The third-order valence-corrected chi connectivity index (χ3v) is 5.52. The summed E-state index contributed by atoms with van der Waals surface area (Å²) < 4.78 is 16.1. The van der Waals surface area contributed by atoms with E-state index in [1.807, 2.05) is 18.2 Å². The molecule has 0 spiro atoms. The number of methoxy groups -OCH3 is 3. The molecule has 140 valence electrons. The van der Waals surface area contributed by atoms with Gasteiger partial charge in [0.1, 0.15) is 0 Å². The molecule has 0 aliphatic carbocycles. The Kier molecular flexibility index (Phi) is 6.08. The van der Waals surface area contributed by atoms with Crippen LogP contribution in [0.1, 0.15) is 31.2 Å². The average molecular weight is 376 g/mol. The predicted octanol–water partition coefficient (Wildman–Crippen LogP) is 3.56. The van der Waals surface area contributed by atoms with Crippen LogP contribution in [-0.4, -0.2) is 50.4 Å². The number of amidine groups is 1. The summed E-state index contributed by atoms with van der Waals surface area (Å²) in [6.45, 7) is 1.94. The number of carbonyl (C=O) groups is 1. The van der Waals surface area contributed by atoms with Gasteiger partial charge in [-0.1, -0.05) is 12.8 Å². The fraction of sp³-hybridized carbons (Fsp3) is 0.474. The Hall–Kier alpha value is -2.15. The fourth-order valence-corrected chi connectivity index (χ4v) is 4.10. The number of ether oxygens (including phenoxy) is 3. The van der Waals surface area contributed by atoms with Crippen LogP contribution in [-0.2, 0) is 4.79 Å². The van der Waals surface area contributed by atoms with Gasteiger partial charge in [-0.2, -0.15) is 4.99 Å². The smallest absolute Gasteiger partial charge is 0.286 e. The first kappa shape index (κ1) is 18.6. The van der Waals surface area contributed by atoms with Gasteiger partial charge in [-0.25, -0.2) is 0 Å². The first-order valence-corrected chi connectivity index (χ1v) is 9.55. The minimum atomic E-state index is -0.192. The monoisotopic (exact) mass is 376 g/mol. The van der Waals surface area contributed by atoms with Gasteiger partial charge in [-0.05, 0) is 48.4 Å². The van der Waals surface area contributed by atoms with Crippen LogP contribution >= 0.6 is 11.8 Å². The van der Waals surface area contributed by atoms with Gasteiger partial charge in [-0.3, -0.25) is 4.79 Å². The van der Waals surface area contributed by atoms with E-state index in [2.05, 4.69) is 9.89 Å². The maximum absolute atomic E-state index is 12.4. The largest absolute Gasteiger partial charge is 0.493 e. The zero-order valence-corrected chi connectivity index (χ0v) is 16.2. The molecule has 1 fully saturated rings. The summed E-state index contributed by atoms with van der Waals surface area (Å²) in [5.74, 6) is 1.46. The number of benzene rings is 1. The van der Waals surface area contributed by atoms with Gasteiger partial charge in [0, 0.05) is 13.1 Å². The van der Waals surface area contributed by atoms with Crippen molar-refractivity contribution in [2.75, 3.05) is 34.4 Å². The van der Waals surface area contributed by atoms with Crippen LogP contribution in [0, 0.1) is 0 Å². The third-order valence-electron chi connectivity index (χ3n) is 4.47. The van der Waals surface area contributed by atoms with E-state index in [1.54, 1.807) is 21.3 Å². The van der Waals surface area contributed by atoms with E-state index in [9.17, 15) is 4.79 Å². The van der Waals surface area contributed by atoms with Crippen LogP contribution in [0.2, 0.25) is 0 Å². The van der Waals surface area contributed by atoms with E-state index in [0.717, 1.165) is 36.7 Å². The Bertz CT molecular complexity index is 712. The summed E-state index contributed by atoms with van der Waals surface area (Å²) in [4.78, 5) is 19.5. The normalized spacial score (nSPS) is 19.3. The second kappa shape index (κ2) is 8.49. The molecule has 7 heteroatoms. The Balaban J connectivity index is 1.83. The van der Waals surface area contributed by atoms with E-state index >= 15 is 0 Å². The Morgan fingerprint density at radius 2 is 1.62 bits per heavy atom. The van der Waals surface area contributed by atoms with Crippen molar-refractivity contribution >= 4 is 28.9 Å². The lowest BCUT2D eigenvalue weighted by atomic mass is 10.1. The maximum Gasteiger partial charge on any atom is 0.286 e. The molecule has 1 amide bonds. The van der Waals surface area contributed by atoms with Crippen LogP contribution in [0.15, 0.2) is 22.0 Å². The zero-order valence-electron chi connectivity index (χ0n) is 15.4. The molecule has 0 N–H and O–H groups in total. The second-order valence-electron chi connectivity index (χ2n) is 6.17. The molecule has 0 radical (unpaired) electrons. The van der Waals surface area contributed by atoms with Gasteiger partial charge in [0.25, 0.3) is 5.91 Å². The molecule has 2 aliphatic rings. The Morgan fingerprint density at radius 3 is 2.15 bits per heavy atom. The topological polar surface area (TPSA) is 60.4 Å². The van der Waals surface area contributed by atoms with Crippen LogP contribution in [0.25, 0.3) is 6.08 Å². The first-order chi connectivity index (χ1) is 12.7. The van der Waals surface area contributed by atoms with Crippen LogP contribution in [0.4, 0.5) is 0 Å². The summed E-state index contributed by atoms with van der Waals surface area (Å²) in [5, 5.41) is 0.815. The molecular formula is C19H24N2O4S. The molecule has 1 saturated heterocycles. The number of hydrogen-bond acceptors (Lipinski definition) is 6. The van der Waals surface area contributed by atoms with E-state index in [4.69, 9.17) is 14.2 Å². The molecule has 1 aromatic carbocycles. The number of thioether (sulfide) groups is 1. The van der Waals surface area contributed by atoms with Crippen molar-refractivity contribution in [2.45, 2.75) is 25.7 Å². The lowest BCUT2D eigenvalue weighted by Gasteiger charge is -2.20. The Labute approximate surface area is 158 Å². The minimum absolute atomic E-state index is 0.192. The van der Waals surface area contributed by atoms with Gasteiger partial charge in [0.15, 0.2) is 16.7 Å². The third kappa shape index (κ3) is 3.98. The molecule has 2 aliphatic heterocycles. The standard InChI is InChI=1S/C19H24N2O4S/c1-23-14-10-13(11-15(24-2)17(14)25-3)12-16-18(22)20-19(26-16)21-8-6-4-5-7-9-21/h10-12H,4-9H2,1-3H3. The number of amides is 1. The van der Waals surface area contributed by atoms with Crippen LogP contribution in [0.5, 0.6) is 17.2 Å². The average Bonchev–Trinajstić information content (AvgIpc) is 2.87. The number of carbonyl (C=O) groups excluding carboxylic acids is 1. The van der Waals surface area contributed by atoms with Gasteiger partial charge in [0.05, 0.1) is 26.2 Å². The fourth-order valence-electron chi connectivity index (χ4n) is 3.13. The molecule has 0 saturated carbocycles. The van der Waals surface area contributed by atoms with Crippen LogP contribution < -0.4 is 14.2 Å². The number of aliphatic imine (C=N–C) groups is 1. The summed E-state index contributed by atoms with van der Waals surface area (Å²) >= 11 is 1.44. The maximum atomic E-state index is 12.4. The molecule has 26 heavy (non-hydrogen) atoms. The first-order valence-electron chi connectivity index (χ1n) is 8.73.